The monoisotopic (exact) mass is 278 g/mol. The molecule has 0 saturated heterocycles. The summed E-state index contributed by atoms with van der Waals surface area (Å²) in [4.78, 5) is 22.9. The zero-order chi connectivity index (χ0) is 15.0. The number of nitrogens with one attached hydrogen (secondary N) is 2. The van der Waals surface area contributed by atoms with Gasteiger partial charge in [-0.15, -0.1) is 0 Å². The van der Waals surface area contributed by atoms with E-state index in [0.717, 1.165) is 12.0 Å². The van der Waals surface area contributed by atoms with Crippen molar-refractivity contribution in [1.29, 1.82) is 0 Å². The third-order valence-electron chi connectivity index (χ3n) is 2.57. The van der Waals surface area contributed by atoms with Gasteiger partial charge in [-0.2, -0.15) is 0 Å². The van der Waals surface area contributed by atoms with E-state index in [9.17, 15) is 9.59 Å². The van der Waals surface area contributed by atoms with Crippen LogP contribution in [0.4, 0.5) is 0 Å². The second-order valence-corrected chi connectivity index (χ2v) is 4.79. The molecule has 0 aliphatic rings. The number of carbonyl (C=O) groups is 2. The van der Waals surface area contributed by atoms with Gasteiger partial charge in [-0.1, -0.05) is 19.1 Å². The Balaban J connectivity index is 2.30. The fourth-order valence-corrected chi connectivity index (χ4v) is 1.61. The molecule has 0 fully saturated rings. The van der Waals surface area contributed by atoms with E-state index in [0.29, 0.717) is 5.75 Å². The Kier molecular flexibility index (Phi) is 6.56. The Morgan fingerprint density at radius 1 is 1.25 bits per heavy atom. The van der Waals surface area contributed by atoms with Crippen molar-refractivity contribution in [2.45, 2.75) is 33.2 Å². The molecule has 110 valence electrons. The molecular formula is C15H22N2O3. The molecule has 0 aliphatic heterocycles. The zero-order valence-corrected chi connectivity index (χ0v) is 12.2. The van der Waals surface area contributed by atoms with Crippen molar-refractivity contribution in [1.82, 2.24) is 10.6 Å². The average molecular weight is 278 g/mol. The standard InChI is InChI=1S/C15H22N2O3/c1-4-12-6-5-7-13(8-12)20-10-15(19)16-9-14(18)17-11(2)3/h5-8,11H,4,9-10H2,1-3H3,(H,16,19)(H,17,18). The summed E-state index contributed by atoms with van der Waals surface area (Å²) in [6.07, 6.45) is 0.915. The van der Waals surface area contributed by atoms with Gasteiger partial charge >= 0.3 is 0 Å². The first kappa shape index (κ1) is 16.0. The molecule has 0 atom stereocenters. The van der Waals surface area contributed by atoms with E-state index in [1.54, 1.807) is 6.07 Å². The fraction of sp³-hybridized carbons (Fsp3) is 0.467. The maximum atomic E-state index is 11.5. The second kappa shape index (κ2) is 8.19. The van der Waals surface area contributed by atoms with Gasteiger partial charge in [-0.25, -0.2) is 0 Å². The van der Waals surface area contributed by atoms with Crippen LogP contribution in [0.25, 0.3) is 0 Å². The number of ether oxygens (including phenoxy) is 1. The van der Waals surface area contributed by atoms with Gasteiger partial charge in [-0.05, 0) is 38.0 Å². The van der Waals surface area contributed by atoms with Crippen LogP contribution in [-0.2, 0) is 16.0 Å². The van der Waals surface area contributed by atoms with Crippen molar-refractivity contribution in [3.8, 4) is 5.75 Å². The van der Waals surface area contributed by atoms with Crippen molar-refractivity contribution < 1.29 is 14.3 Å². The fourth-order valence-electron chi connectivity index (χ4n) is 1.61. The summed E-state index contributed by atoms with van der Waals surface area (Å²) in [5.74, 6) is 0.137. The van der Waals surface area contributed by atoms with Crippen LogP contribution in [0.5, 0.6) is 5.75 Å². The first-order chi connectivity index (χ1) is 9.51. The van der Waals surface area contributed by atoms with E-state index in [1.807, 2.05) is 32.0 Å². The summed E-state index contributed by atoms with van der Waals surface area (Å²) in [7, 11) is 0. The van der Waals surface area contributed by atoms with E-state index in [1.165, 1.54) is 0 Å². The first-order valence-electron chi connectivity index (χ1n) is 6.79. The van der Waals surface area contributed by atoms with E-state index in [2.05, 4.69) is 17.6 Å². The summed E-state index contributed by atoms with van der Waals surface area (Å²) >= 11 is 0. The smallest absolute Gasteiger partial charge is 0.258 e. The Hall–Kier alpha value is -2.04. The molecule has 0 bridgehead atoms. The highest BCUT2D eigenvalue weighted by atomic mass is 16.5. The van der Waals surface area contributed by atoms with Crippen LogP contribution in [0.15, 0.2) is 24.3 Å². The average Bonchev–Trinajstić information content (AvgIpc) is 2.42. The van der Waals surface area contributed by atoms with E-state index in [4.69, 9.17) is 4.74 Å². The molecule has 0 spiro atoms. The van der Waals surface area contributed by atoms with Crippen molar-refractivity contribution in [3.63, 3.8) is 0 Å². The normalized spacial score (nSPS) is 10.2. The zero-order valence-electron chi connectivity index (χ0n) is 12.2. The second-order valence-electron chi connectivity index (χ2n) is 4.79. The Morgan fingerprint density at radius 3 is 2.65 bits per heavy atom. The number of rotatable bonds is 7. The van der Waals surface area contributed by atoms with Gasteiger partial charge in [0.2, 0.25) is 5.91 Å². The minimum absolute atomic E-state index is 0.0324. The number of aryl methyl sites for hydroxylation is 1. The Bertz CT molecular complexity index is 458. The third-order valence-corrected chi connectivity index (χ3v) is 2.57. The molecule has 2 N–H and O–H groups in total. The summed E-state index contributed by atoms with van der Waals surface area (Å²) in [5, 5.41) is 5.20. The maximum absolute atomic E-state index is 11.5. The summed E-state index contributed by atoms with van der Waals surface area (Å²) in [5.41, 5.74) is 1.15. The molecule has 0 heterocycles. The van der Waals surface area contributed by atoms with Crippen molar-refractivity contribution in [2.75, 3.05) is 13.2 Å². The molecule has 5 nitrogen and oxygen atoms in total. The minimum Gasteiger partial charge on any atom is -0.484 e. The molecule has 5 heteroatoms. The molecule has 0 aliphatic carbocycles. The Morgan fingerprint density at radius 2 is 2.00 bits per heavy atom. The van der Waals surface area contributed by atoms with Crippen molar-refractivity contribution in [2.24, 2.45) is 0 Å². The largest absolute Gasteiger partial charge is 0.484 e. The summed E-state index contributed by atoms with van der Waals surface area (Å²) in [6, 6.07) is 7.66. The van der Waals surface area contributed by atoms with Crippen LogP contribution in [-0.4, -0.2) is 31.0 Å². The highest BCUT2D eigenvalue weighted by molar-refractivity contribution is 5.85. The number of carbonyl (C=O) groups excluding carboxylic acids is 2. The Labute approximate surface area is 119 Å². The minimum atomic E-state index is -0.314. The molecule has 1 aromatic carbocycles. The lowest BCUT2D eigenvalue weighted by Gasteiger charge is -2.10. The molecule has 0 saturated carbocycles. The van der Waals surface area contributed by atoms with Crippen LogP contribution >= 0.6 is 0 Å². The van der Waals surface area contributed by atoms with Gasteiger partial charge in [0.1, 0.15) is 5.75 Å². The molecule has 0 unspecified atom stereocenters. The number of amides is 2. The lowest BCUT2D eigenvalue weighted by molar-refractivity contribution is -0.127. The summed E-state index contributed by atoms with van der Waals surface area (Å²) < 4.78 is 5.38. The third kappa shape index (κ3) is 6.22. The predicted octanol–water partition coefficient (Wildman–Crippen LogP) is 1.27. The van der Waals surface area contributed by atoms with Crippen molar-refractivity contribution >= 4 is 11.8 Å². The molecule has 0 radical (unpaired) electrons. The number of hydrogen-bond donors (Lipinski definition) is 2. The molecular weight excluding hydrogens is 256 g/mol. The number of benzene rings is 1. The van der Waals surface area contributed by atoms with E-state index < -0.39 is 0 Å². The molecule has 2 amide bonds. The molecule has 1 rings (SSSR count). The molecule has 20 heavy (non-hydrogen) atoms. The van der Waals surface area contributed by atoms with E-state index >= 15 is 0 Å². The van der Waals surface area contributed by atoms with Gasteiger partial charge in [0.25, 0.3) is 5.91 Å². The lowest BCUT2D eigenvalue weighted by atomic mass is 10.2. The lowest BCUT2D eigenvalue weighted by Crippen LogP contribution is -2.41. The van der Waals surface area contributed by atoms with Crippen LogP contribution < -0.4 is 15.4 Å². The van der Waals surface area contributed by atoms with Gasteiger partial charge in [0.05, 0.1) is 6.54 Å². The van der Waals surface area contributed by atoms with Crippen LogP contribution in [0, 0.1) is 0 Å². The van der Waals surface area contributed by atoms with Gasteiger partial charge < -0.3 is 15.4 Å². The topological polar surface area (TPSA) is 67.4 Å². The van der Waals surface area contributed by atoms with Gasteiger partial charge in [0.15, 0.2) is 6.61 Å². The molecule has 0 aromatic heterocycles. The quantitative estimate of drug-likeness (QED) is 0.789. The molecule has 1 aromatic rings. The van der Waals surface area contributed by atoms with Crippen LogP contribution in [0.2, 0.25) is 0 Å². The van der Waals surface area contributed by atoms with Crippen LogP contribution in [0.3, 0.4) is 0 Å². The summed E-state index contributed by atoms with van der Waals surface area (Å²) in [6.45, 7) is 5.66. The number of hydrogen-bond acceptors (Lipinski definition) is 3. The van der Waals surface area contributed by atoms with Gasteiger partial charge in [-0.3, -0.25) is 9.59 Å². The highest BCUT2D eigenvalue weighted by Crippen LogP contribution is 2.13. The van der Waals surface area contributed by atoms with Gasteiger partial charge in [0, 0.05) is 6.04 Å². The maximum Gasteiger partial charge on any atom is 0.258 e. The highest BCUT2D eigenvalue weighted by Gasteiger charge is 2.07. The first-order valence-corrected chi connectivity index (χ1v) is 6.79. The SMILES string of the molecule is CCc1cccc(OCC(=O)NCC(=O)NC(C)C)c1. The predicted molar refractivity (Wildman–Crippen MR) is 77.6 cm³/mol. The van der Waals surface area contributed by atoms with Crippen molar-refractivity contribution in [3.05, 3.63) is 29.8 Å². The van der Waals surface area contributed by atoms with Crippen LogP contribution in [0.1, 0.15) is 26.3 Å². The van der Waals surface area contributed by atoms with E-state index in [-0.39, 0.29) is 31.0 Å².